The number of aromatic nitrogens is 1. The number of anilines is 1. The average Bonchev–Trinajstić information content (AvgIpc) is 2.82. The van der Waals surface area contributed by atoms with Gasteiger partial charge in [-0.2, -0.15) is 0 Å². The first-order valence-corrected chi connectivity index (χ1v) is 7.84. The van der Waals surface area contributed by atoms with Crippen LogP contribution in [0, 0.1) is 6.92 Å². The van der Waals surface area contributed by atoms with E-state index >= 15 is 0 Å². The van der Waals surface area contributed by atoms with E-state index in [0.717, 1.165) is 26.4 Å². The number of thiazole rings is 1. The molecule has 3 rings (SSSR count). The zero-order valence-corrected chi connectivity index (χ0v) is 13.3. The Hall–Kier alpha value is -1.65. The minimum Gasteiger partial charge on any atom is -0.398 e. The molecule has 2 nitrogen and oxygen atoms in total. The molecule has 20 heavy (non-hydrogen) atoms. The lowest BCUT2D eigenvalue weighted by molar-refractivity contribution is 1.27. The van der Waals surface area contributed by atoms with Crippen LogP contribution >= 0.6 is 27.3 Å². The molecular weight excluding hydrogens is 332 g/mol. The first-order valence-electron chi connectivity index (χ1n) is 6.23. The fourth-order valence-electron chi connectivity index (χ4n) is 2.07. The largest absolute Gasteiger partial charge is 0.398 e. The Morgan fingerprint density at radius 3 is 2.45 bits per heavy atom. The van der Waals surface area contributed by atoms with Crippen molar-refractivity contribution in [2.45, 2.75) is 6.92 Å². The third-order valence-corrected chi connectivity index (χ3v) is 4.86. The number of benzene rings is 2. The summed E-state index contributed by atoms with van der Waals surface area (Å²) in [5.74, 6) is 0. The Morgan fingerprint density at radius 2 is 1.75 bits per heavy atom. The number of para-hydroxylation sites is 1. The molecule has 0 unspecified atom stereocenters. The van der Waals surface area contributed by atoms with E-state index in [1.54, 1.807) is 11.3 Å². The third kappa shape index (κ3) is 2.49. The molecule has 0 fully saturated rings. The highest BCUT2D eigenvalue weighted by Gasteiger charge is 2.12. The number of rotatable bonds is 2. The summed E-state index contributed by atoms with van der Waals surface area (Å²) in [6, 6.07) is 16.1. The minimum atomic E-state index is 0.767. The number of aryl methyl sites for hydroxylation is 1. The van der Waals surface area contributed by atoms with Crippen molar-refractivity contribution in [2.24, 2.45) is 0 Å². The molecule has 1 heterocycles. The molecule has 0 aliphatic rings. The lowest BCUT2D eigenvalue weighted by atomic mass is 10.1. The highest BCUT2D eigenvalue weighted by atomic mass is 79.9. The van der Waals surface area contributed by atoms with Gasteiger partial charge in [0.05, 0.1) is 10.6 Å². The molecule has 2 aromatic carbocycles. The predicted molar refractivity (Wildman–Crippen MR) is 89.8 cm³/mol. The van der Waals surface area contributed by atoms with Crippen LogP contribution in [0.5, 0.6) is 0 Å². The van der Waals surface area contributed by atoms with Crippen LogP contribution < -0.4 is 5.73 Å². The molecule has 0 radical (unpaired) electrons. The summed E-state index contributed by atoms with van der Waals surface area (Å²) in [5, 5.41) is 0.971. The first kappa shape index (κ1) is 13.3. The number of nitrogens with zero attached hydrogens (tertiary/aromatic N) is 1. The Morgan fingerprint density at radius 1 is 1.05 bits per heavy atom. The van der Waals surface area contributed by atoms with Gasteiger partial charge < -0.3 is 5.73 Å². The summed E-state index contributed by atoms with van der Waals surface area (Å²) >= 11 is 5.14. The van der Waals surface area contributed by atoms with Crippen LogP contribution in [0.2, 0.25) is 0 Å². The number of nitrogens with two attached hydrogens (primary N) is 1. The van der Waals surface area contributed by atoms with E-state index in [1.807, 2.05) is 43.3 Å². The van der Waals surface area contributed by atoms with Gasteiger partial charge in [-0.15, -0.1) is 11.3 Å². The molecule has 0 saturated carbocycles. The van der Waals surface area contributed by atoms with Crippen molar-refractivity contribution >= 4 is 33.0 Å². The molecule has 0 aliphatic heterocycles. The van der Waals surface area contributed by atoms with E-state index < -0.39 is 0 Å². The molecule has 0 bridgehead atoms. The van der Waals surface area contributed by atoms with E-state index in [2.05, 4.69) is 33.0 Å². The highest BCUT2D eigenvalue weighted by Crippen LogP contribution is 2.37. The Bertz CT molecular complexity index is 747. The van der Waals surface area contributed by atoms with E-state index in [4.69, 9.17) is 5.73 Å². The van der Waals surface area contributed by atoms with Gasteiger partial charge in [0, 0.05) is 15.7 Å². The van der Waals surface area contributed by atoms with Gasteiger partial charge in [-0.05, 0) is 36.8 Å². The molecule has 0 spiro atoms. The fraction of sp³-hybridized carbons (Fsp3) is 0.0625. The maximum absolute atomic E-state index is 6.03. The van der Waals surface area contributed by atoms with Gasteiger partial charge in [0.15, 0.2) is 0 Å². The Balaban J connectivity index is 2.08. The zero-order chi connectivity index (χ0) is 14.1. The summed E-state index contributed by atoms with van der Waals surface area (Å²) in [7, 11) is 0. The molecule has 100 valence electrons. The topological polar surface area (TPSA) is 38.9 Å². The molecule has 0 atom stereocenters. The van der Waals surface area contributed by atoms with Gasteiger partial charge in [-0.1, -0.05) is 40.2 Å². The van der Waals surface area contributed by atoms with Crippen molar-refractivity contribution in [3.8, 4) is 21.0 Å². The van der Waals surface area contributed by atoms with Gasteiger partial charge in [0.25, 0.3) is 0 Å². The van der Waals surface area contributed by atoms with Gasteiger partial charge in [-0.25, -0.2) is 4.98 Å². The van der Waals surface area contributed by atoms with Crippen molar-refractivity contribution in [2.75, 3.05) is 5.73 Å². The van der Waals surface area contributed by atoms with Gasteiger partial charge in [0.1, 0.15) is 5.01 Å². The summed E-state index contributed by atoms with van der Waals surface area (Å²) in [6.45, 7) is 2.04. The lowest BCUT2D eigenvalue weighted by Gasteiger charge is -2.00. The molecule has 2 N–H and O–H groups in total. The van der Waals surface area contributed by atoms with Crippen molar-refractivity contribution in [1.82, 2.24) is 4.98 Å². The number of nitrogen functional groups attached to an aromatic ring is 1. The molecule has 4 heteroatoms. The maximum Gasteiger partial charge on any atom is 0.126 e. The predicted octanol–water partition coefficient (Wildman–Crippen LogP) is 5.13. The van der Waals surface area contributed by atoms with Gasteiger partial charge >= 0.3 is 0 Å². The zero-order valence-electron chi connectivity index (χ0n) is 10.9. The van der Waals surface area contributed by atoms with Crippen LogP contribution in [-0.4, -0.2) is 4.98 Å². The standard InChI is InChI=1S/C16H13BrN2S/c1-10-15(11-6-8-12(17)9-7-11)20-16(19-10)13-4-2-3-5-14(13)18/h2-9H,18H2,1H3. The Kier molecular flexibility index (Phi) is 3.59. The van der Waals surface area contributed by atoms with Crippen LogP contribution in [-0.2, 0) is 0 Å². The molecule has 0 saturated heterocycles. The first-order chi connectivity index (χ1) is 9.65. The minimum absolute atomic E-state index is 0.767. The average molecular weight is 345 g/mol. The summed E-state index contributed by atoms with van der Waals surface area (Å²) in [4.78, 5) is 5.86. The molecule has 0 aliphatic carbocycles. The van der Waals surface area contributed by atoms with Crippen molar-refractivity contribution in [1.29, 1.82) is 0 Å². The quantitative estimate of drug-likeness (QED) is 0.654. The summed E-state index contributed by atoms with van der Waals surface area (Å²) in [5.41, 5.74) is 10.0. The van der Waals surface area contributed by atoms with Crippen LogP contribution in [0.1, 0.15) is 5.69 Å². The molecular formula is C16H13BrN2S. The molecule has 0 amide bonds. The number of halogens is 1. The van der Waals surface area contributed by atoms with Crippen LogP contribution in [0.4, 0.5) is 5.69 Å². The second kappa shape index (κ2) is 5.38. The second-order valence-corrected chi connectivity index (χ2v) is 6.44. The van der Waals surface area contributed by atoms with E-state index in [0.29, 0.717) is 0 Å². The number of hydrogen-bond acceptors (Lipinski definition) is 3. The highest BCUT2D eigenvalue weighted by molar-refractivity contribution is 9.10. The van der Waals surface area contributed by atoms with E-state index in [9.17, 15) is 0 Å². The smallest absolute Gasteiger partial charge is 0.126 e. The van der Waals surface area contributed by atoms with E-state index in [-0.39, 0.29) is 0 Å². The summed E-state index contributed by atoms with van der Waals surface area (Å²) < 4.78 is 1.08. The monoisotopic (exact) mass is 344 g/mol. The van der Waals surface area contributed by atoms with Crippen molar-refractivity contribution in [3.63, 3.8) is 0 Å². The second-order valence-electron chi connectivity index (χ2n) is 4.53. The van der Waals surface area contributed by atoms with E-state index in [1.165, 1.54) is 10.4 Å². The lowest BCUT2D eigenvalue weighted by Crippen LogP contribution is -1.88. The fourth-order valence-corrected chi connectivity index (χ4v) is 3.46. The molecule has 1 aromatic heterocycles. The summed E-state index contributed by atoms with van der Waals surface area (Å²) in [6.07, 6.45) is 0. The van der Waals surface area contributed by atoms with Crippen LogP contribution in [0.25, 0.3) is 21.0 Å². The maximum atomic E-state index is 6.03. The van der Waals surface area contributed by atoms with Crippen LogP contribution in [0.15, 0.2) is 53.0 Å². The van der Waals surface area contributed by atoms with Crippen molar-refractivity contribution < 1.29 is 0 Å². The Labute approximate surface area is 130 Å². The molecule has 3 aromatic rings. The van der Waals surface area contributed by atoms with Gasteiger partial charge in [-0.3, -0.25) is 0 Å². The SMILES string of the molecule is Cc1nc(-c2ccccc2N)sc1-c1ccc(Br)cc1. The van der Waals surface area contributed by atoms with Crippen LogP contribution in [0.3, 0.4) is 0 Å². The van der Waals surface area contributed by atoms with Gasteiger partial charge in [0.2, 0.25) is 0 Å². The van der Waals surface area contributed by atoms with Crippen molar-refractivity contribution in [3.05, 3.63) is 58.7 Å². The third-order valence-electron chi connectivity index (χ3n) is 3.09. The number of hydrogen-bond donors (Lipinski definition) is 1. The normalized spacial score (nSPS) is 10.7.